The molecular weight excluding hydrogens is 364 g/mol. The van der Waals surface area contributed by atoms with Gasteiger partial charge in [-0.2, -0.15) is 5.26 Å². The Hall–Kier alpha value is -3.99. The van der Waals surface area contributed by atoms with Crippen LogP contribution in [0.15, 0.2) is 57.7 Å². The normalized spacial score (nSPS) is 10.6. The topological polar surface area (TPSA) is 108 Å². The SMILES string of the molecule is COc1cc(/C=C/C(=O)OCc2cc(-c3ccco3)on2)ccc1OCC#N. The molecule has 2 aromatic heterocycles. The van der Waals surface area contributed by atoms with Crippen molar-refractivity contribution >= 4 is 12.0 Å². The lowest BCUT2D eigenvalue weighted by Gasteiger charge is -2.08. The Morgan fingerprint density at radius 3 is 2.89 bits per heavy atom. The third-order valence-corrected chi connectivity index (χ3v) is 3.58. The van der Waals surface area contributed by atoms with E-state index in [9.17, 15) is 4.79 Å². The third kappa shape index (κ3) is 4.80. The number of esters is 1. The fourth-order valence-corrected chi connectivity index (χ4v) is 2.29. The first-order valence-electron chi connectivity index (χ1n) is 8.21. The van der Waals surface area contributed by atoms with Gasteiger partial charge >= 0.3 is 5.97 Å². The second-order valence-corrected chi connectivity index (χ2v) is 5.46. The lowest BCUT2D eigenvalue weighted by molar-refractivity contribution is -0.139. The molecule has 0 aliphatic heterocycles. The van der Waals surface area contributed by atoms with Crippen LogP contribution in [0.25, 0.3) is 17.6 Å². The predicted molar refractivity (Wildman–Crippen MR) is 97.1 cm³/mol. The van der Waals surface area contributed by atoms with Crippen LogP contribution in [0.4, 0.5) is 0 Å². The van der Waals surface area contributed by atoms with Gasteiger partial charge in [0.15, 0.2) is 23.9 Å². The summed E-state index contributed by atoms with van der Waals surface area (Å²) in [5.74, 6) is 1.37. The van der Waals surface area contributed by atoms with Crippen LogP contribution in [0.3, 0.4) is 0 Å². The Balaban J connectivity index is 1.56. The van der Waals surface area contributed by atoms with E-state index < -0.39 is 5.97 Å². The monoisotopic (exact) mass is 380 g/mol. The molecule has 28 heavy (non-hydrogen) atoms. The highest BCUT2D eigenvalue weighted by atomic mass is 16.5. The molecule has 0 amide bonds. The van der Waals surface area contributed by atoms with Crippen molar-refractivity contribution in [2.75, 3.05) is 13.7 Å². The van der Waals surface area contributed by atoms with E-state index in [1.807, 2.05) is 6.07 Å². The molecule has 0 aliphatic carbocycles. The minimum Gasteiger partial charge on any atom is -0.493 e. The number of carbonyl (C=O) groups excluding carboxylic acids is 1. The molecule has 0 saturated heterocycles. The standard InChI is InChI=1S/C20H16N2O6/c1-24-18-11-14(4-6-17(18)26-10-8-21)5-7-20(23)27-13-15-12-19(28-22-15)16-3-2-9-25-16/h2-7,9,11-12H,10,13H2,1H3/b7-5+. The van der Waals surface area contributed by atoms with Gasteiger partial charge in [-0.15, -0.1) is 0 Å². The first kappa shape index (κ1) is 18.8. The minimum absolute atomic E-state index is 0.0301. The molecule has 3 rings (SSSR count). The van der Waals surface area contributed by atoms with Crippen LogP contribution < -0.4 is 9.47 Å². The lowest BCUT2D eigenvalue weighted by atomic mass is 10.2. The van der Waals surface area contributed by atoms with E-state index in [4.69, 9.17) is 28.4 Å². The number of nitrogens with zero attached hydrogens (tertiary/aromatic N) is 2. The van der Waals surface area contributed by atoms with Gasteiger partial charge in [0, 0.05) is 12.1 Å². The number of hydrogen-bond donors (Lipinski definition) is 0. The Kier molecular flexibility index (Phi) is 6.10. The van der Waals surface area contributed by atoms with Crippen LogP contribution in [-0.4, -0.2) is 24.8 Å². The van der Waals surface area contributed by atoms with Crippen molar-refractivity contribution in [1.29, 1.82) is 5.26 Å². The van der Waals surface area contributed by atoms with Gasteiger partial charge in [-0.1, -0.05) is 11.2 Å². The van der Waals surface area contributed by atoms with Gasteiger partial charge in [-0.3, -0.25) is 0 Å². The van der Waals surface area contributed by atoms with E-state index in [1.165, 1.54) is 19.4 Å². The summed E-state index contributed by atoms with van der Waals surface area (Å²) in [5, 5.41) is 12.4. The van der Waals surface area contributed by atoms with Gasteiger partial charge in [-0.05, 0) is 35.9 Å². The van der Waals surface area contributed by atoms with E-state index in [0.29, 0.717) is 34.3 Å². The molecule has 3 aromatic rings. The molecule has 0 fully saturated rings. The number of carbonyl (C=O) groups is 1. The maximum absolute atomic E-state index is 11.9. The first-order valence-corrected chi connectivity index (χ1v) is 8.21. The average Bonchev–Trinajstić information content (AvgIpc) is 3.41. The summed E-state index contributed by atoms with van der Waals surface area (Å²) in [4.78, 5) is 11.9. The maximum Gasteiger partial charge on any atom is 0.331 e. The van der Waals surface area contributed by atoms with Crippen molar-refractivity contribution in [2.24, 2.45) is 0 Å². The molecule has 2 heterocycles. The molecule has 0 spiro atoms. The smallest absolute Gasteiger partial charge is 0.331 e. The Morgan fingerprint density at radius 2 is 2.14 bits per heavy atom. The summed E-state index contributed by atoms with van der Waals surface area (Å²) in [6.07, 6.45) is 4.40. The predicted octanol–water partition coefficient (Wildman–Crippen LogP) is 3.60. The second-order valence-electron chi connectivity index (χ2n) is 5.46. The highest BCUT2D eigenvalue weighted by Crippen LogP contribution is 2.28. The molecule has 8 nitrogen and oxygen atoms in total. The van der Waals surface area contributed by atoms with Crippen LogP contribution in [0, 0.1) is 11.3 Å². The quantitative estimate of drug-likeness (QED) is 0.431. The number of aromatic nitrogens is 1. The van der Waals surface area contributed by atoms with Gasteiger partial charge in [0.2, 0.25) is 5.76 Å². The zero-order chi connectivity index (χ0) is 19.8. The van der Waals surface area contributed by atoms with Crippen LogP contribution in [0.1, 0.15) is 11.3 Å². The fourth-order valence-electron chi connectivity index (χ4n) is 2.29. The number of nitriles is 1. The molecule has 0 unspecified atom stereocenters. The summed E-state index contributed by atoms with van der Waals surface area (Å²) in [7, 11) is 1.49. The molecule has 1 aromatic carbocycles. The number of rotatable bonds is 8. The van der Waals surface area contributed by atoms with Crippen LogP contribution in [0.2, 0.25) is 0 Å². The summed E-state index contributed by atoms with van der Waals surface area (Å²) in [5.41, 5.74) is 1.17. The average molecular weight is 380 g/mol. The summed E-state index contributed by atoms with van der Waals surface area (Å²) < 4.78 is 26.0. The van der Waals surface area contributed by atoms with Crippen molar-refractivity contribution in [3.8, 4) is 29.1 Å². The number of methoxy groups -OCH3 is 1. The van der Waals surface area contributed by atoms with Gasteiger partial charge in [-0.25, -0.2) is 4.79 Å². The number of ether oxygens (including phenoxy) is 3. The van der Waals surface area contributed by atoms with Crippen molar-refractivity contribution in [1.82, 2.24) is 5.16 Å². The summed E-state index contributed by atoms with van der Waals surface area (Å²) in [6, 6.07) is 12.1. The molecule has 0 aliphatic rings. The fraction of sp³-hybridized carbons (Fsp3) is 0.150. The molecule has 0 radical (unpaired) electrons. The zero-order valence-corrected chi connectivity index (χ0v) is 15.0. The Labute approximate surface area is 160 Å². The largest absolute Gasteiger partial charge is 0.493 e. The molecule has 0 bridgehead atoms. The summed E-state index contributed by atoms with van der Waals surface area (Å²) in [6.45, 7) is -0.112. The maximum atomic E-state index is 11.9. The van der Waals surface area contributed by atoms with E-state index in [-0.39, 0.29) is 13.2 Å². The highest BCUT2D eigenvalue weighted by Gasteiger charge is 2.10. The zero-order valence-electron chi connectivity index (χ0n) is 15.0. The summed E-state index contributed by atoms with van der Waals surface area (Å²) >= 11 is 0. The van der Waals surface area contributed by atoms with Crippen molar-refractivity contribution in [3.63, 3.8) is 0 Å². The minimum atomic E-state index is -0.536. The molecule has 8 heteroatoms. The Bertz CT molecular complexity index is 998. The van der Waals surface area contributed by atoms with E-state index in [2.05, 4.69) is 5.16 Å². The second kappa shape index (κ2) is 9.09. The highest BCUT2D eigenvalue weighted by molar-refractivity contribution is 5.87. The van der Waals surface area contributed by atoms with Gasteiger partial charge in [0.1, 0.15) is 18.4 Å². The van der Waals surface area contributed by atoms with E-state index >= 15 is 0 Å². The molecule has 0 atom stereocenters. The van der Waals surface area contributed by atoms with E-state index in [1.54, 1.807) is 42.5 Å². The van der Waals surface area contributed by atoms with Crippen molar-refractivity contribution in [2.45, 2.75) is 6.61 Å². The third-order valence-electron chi connectivity index (χ3n) is 3.58. The molecule has 0 N–H and O–H groups in total. The van der Waals surface area contributed by atoms with Gasteiger partial charge < -0.3 is 23.2 Å². The van der Waals surface area contributed by atoms with Crippen molar-refractivity contribution in [3.05, 3.63) is 60.0 Å². The van der Waals surface area contributed by atoms with E-state index in [0.717, 1.165) is 0 Å². The molecule has 142 valence electrons. The van der Waals surface area contributed by atoms with Crippen LogP contribution >= 0.6 is 0 Å². The lowest BCUT2D eigenvalue weighted by Crippen LogP contribution is -2.01. The number of furan rings is 1. The first-order chi connectivity index (χ1) is 13.7. The Morgan fingerprint density at radius 1 is 1.25 bits per heavy atom. The van der Waals surface area contributed by atoms with Gasteiger partial charge in [0.05, 0.1) is 13.4 Å². The number of hydrogen-bond acceptors (Lipinski definition) is 8. The van der Waals surface area contributed by atoms with Crippen molar-refractivity contribution < 1.29 is 27.9 Å². The van der Waals surface area contributed by atoms with Crippen LogP contribution in [-0.2, 0) is 16.1 Å². The molecule has 0 saturated carbocycles. The van der Waals surface area contributed by atoms with Gasteiger partial charge in [0.25, 0.3) is 0 Å². The van der Waals surface area contributed by atoms with Crippen LogP contribution in [0.5, 0.6) is 11.5 Å². The molecular formula is C20H16N2O6. The number of benzene rings is 1.